The molecular weight excluding hydrogens is 364 g/mol. The molecule has 1 N–H and O–H groups in total. The number of thiophene rings is 1. The van der Waals surface area contributed by atoms with Crippen molar-refractivity contribution in [2.75, 3.05) is 0 Å². The third-order valence-corrected chi connectivity index (χ3v) is 6.69. The molecule has 0 aliphatic heterocycles. The summed E-state index contributed by atoms with van der Waals surface area (Å²) in [5.41, 5.74) is 2.38. The second-order valence-corrected chi connectivity index (χ2v) is 8.61. The smallest absolute Gasteiger partial charge is 0.263 e. The highest BCUT2D eigenvalue weighted by molar-refractivity contribution is 7.71. The monoisotopic (exact) mass is 388 g/mol. The van der Waals surface area contributed by atoms with Gasteiger partial charge in [-0.1, -0.05) is 12.8 Å². The Hall–Kier alpha value is -1.73. The molecule has 138 valence electrons. The first-order valence-electron chi connectivity index (χ1n) is 9.39. The summed E-state index contributed by atoms with van der Waals surface area (Å²) in [7, 11) is 0. The van der Waals surface area contributed by atoms with Crippen LogP contribution in [0.25, 0.3) is 10.2 Å². The van der Waals surface area contributed by atoms with E-state index in [0.29, 0.717) is 11.3 Å². The molecule has 4 rings (SSSR count). The van der Waals surface area contributed by atoms with E-state index in [2.05, 4.69) is 14.5 Å². The van der Waals surface area contributed by atoms with Gasteiger partial charge < -0.3 is 9.55 Å². The summed E-state index contributed by atoms with van der Waals surface area (Å²) in [5.74, 6) is 0. The number of nitrogens with one attached hydrogen (secondary N) is 1. The van der Waals surface area contributed by atoms with Crippen molar-refractivity contribution in [3.63, 3.8) is 0 Å². The fourth-order valence-corrected chi connectivity index (χ4v) is 5.46. The van der Waals surface area contributed by atoms with Crippen molar-refractivity contribution < 1.29 is 0 Å². The van der Waals surface area contributed by atoms with E-state index in [1.807, 2.05) is 19.4 Å². The SMILES string of the molecule is Cc1cn(CCCn2c(=S)[nH]c3sc4c(c3c2=O)CCCCCC4)cn1. The number of aryl methyl sites for hydroxylation is 4. The third-order valence-electron chi connectivity index (χ3n) is 5.16. The lowest BCUT2D eigenvalue weighted by atomic mass is 9.98. The number of nitrogens with zero attached hydrogens (tertiary/aromatic N) is 3. The Morgan fingerprint density at radius 3 is 2.81 bits per heavy atom. The number of hydrogen-bond donors (Lipinski definition) is 1. The van der Waals surface area contributed by atoms with Crippen LogP contribution in [0.2, 0.25) is 0 Å². The van der Waals surface area contributed by atoms with Gasteiger partial charge in [-0.15, -0.1) is 11.3 Å². The standard InChI is InChI=1S/C19H24N4OS2/c1-13-11-22(12-20-13)9-6-10-23-18(24)16-14-7-4-2-3-5-8-15(14)26-17(16)21-19(23)25/h11-12H,2-10H2,1H3,(H,21,25). The molecule has 0 fully saturated rings. The molecule has 0 saturated carbocycles. The summed E-state index contributed by atoms with van der Waals surface area (Å²) in [6, 6.07) is 0. The van der Waals surface area contributed by atoms with Crippen molar-refractivity contribution in [2.24, 2.45) is 0 Å². The van der Waals surface area contributed by atoms with E-state index in [-0.39, 0.29) is 5.56 Å². The van der Waals surface area contributed by atoms with Gasteiger partial charge in [0.05, 0.1) is 17.4 Å². The molecule has 0 unspecified atom stereocenters. The van der Waals surface area contributed by atoms with Crippen LogP contribution in [-0.4, -0.2) is 19.1 Å². The van der Waals surface area contributed by atoms with Crippen LogP contribution in [0.5, 0.6) is 0 Å². The van der Waals surface area contributed by atoms with E-state index in [9.17, 15) is 4.79 Å². The average molecular weight is 389 g/mol. The molecule has 7 heteroatoms. The molecule has 5 nitrogen and oxygen atoms in total. The first-order valence-corrected chi connectivity index (χ1v) is 10.6. The molecule has 0 aromatic carbocycles. The van der Waals surface area contributed by atoms with Gasteiger partial charge in [0, 0.05) is 24.2 Å². The van der Waals surface area contributed by atoms with Gasteiger partial charge in [-0.2, -0.15) is 0 Å². The highest BCUT2D eigenvalue weighted by Gasteiger charge is 2.18. The predicted molar refractivity (Wildman–Crippen MR) is 109 cm³/mol. The molecule has 1 aliphatic carbocycles. The third kappa shape index (κ3) is 3.42. The largest absolute Gasteiger partial charge is 0.337 e. The summed E-state index contributed by atoms with van der Waals surface area (Å²) < 4.78 is 4.34. The Morgan fingerprint density at radius 2 is 2.04 bits per heavy atom. The van der Waals surface area contributed by atoms with Gasteiger partial charge in [-0.25, -0.2) is 4.98 Å². The van der Waals surface area contributed by atoms with E-state index in [4.69, 9.17) is 12.2 Å². The van der Waals surface area contributed by atoms with E-state index >= 15 is 0 Å². The molecule has 0 saturated heterocycles. The second-order valence-electron chi connectivity index (χ2n) is 7.12. The number of rotatable bonds is 4. The van der Waals surface area contributed by atoms with Crippen LogP contribution in [0.15, 0.2) is 17.3 Å². The number of imidazole rings is 1. The molecule has 3 heterocycles. The van der Waals surface area contributed by atoms with Crippen LogP contribution in [0.1, 0.15) is 48.2 Å². The Kier molecular flexibility index (Phi) is 5.09. The van der Waals surface area contributed by atoms with E-state index in [1.165, 1.54) is 36.1 Å². The highest BCUT2D eigenvalue weighted by Crippen LogP contribution is 2.32. The predicted octanol–water partition coefficient (Wildman–Crippen LogP) is 4.37. The van der Waals surface area contributed by atoms with E-state index in [0.717, 1.165) is 41.7 Å². The minimum Gasteiger partial charge on any atom is -0.337 e. The van der Waals surface area contributed by atoms with Crippen molar-refractivity contribution in [3.05, 3.63) is 43.8 Å². The summed E-state index contributed by atoms with van der Waals surface area (Å²) in [4.78, 5) is 23.1. The van der Waals surface area contributed by atoms with Crippen LogP contribution < -0.4 is 5.56 Å². The van der Waals surface area contributed by atoms with Crippen LogP contribution >= 0.6 is 23.6 Å². The normalized spacial score (nSPS) is 15.0. The van der Waals surface area contributed by atoms with Gasteiger partial charge in [-0.05, 0) is 56.8 Å². The lowest BCUT2D eigenvalue weighted by Crippen LogP contribution is -2.23. The summed E-state index contributed by atoms with van der Waals surface area (Å²) in [5, 5.41) is 0.888. The van der Waals surface area contributed by atoms with Crippen molar-refractivity contribution in [1.82, 2.24) is 19.1 Å². The van der Waals surface area contributed by atoms with Crippen LogP contribution in [0.3, 0.4) is 0 Å². The maximum Gasteiger partial charge on any atom is 0.263 e. The van der Waals surface area contributed by atoms with Gasteiger partial charge in [0.1, 0.15) is 4.83 Å². The van der Waals surface area contributed by atoms with Gasteiger partial charge in [0.2, 0.25) is 0 Å². The average Bonchev–Trinajstić information content (AvgIpc) is 3.14. The van der Waals surface area contributed by atoms with Crippen molar-refractivity contribution in [3.8, 4) is 0 Å². The molecule has 0 bridgehead atoms. The highest BCUT2D eigenvalue weighted by atomic mass is 32.1. The van der Waals surface area contributed by atoms with E-state index in [1.54, 1.807) is 15.9 Å². The quantitative estimate of drug-likeness (QED) is 0.675. The molecule has 1 aliphatic rings. The molecule has 0 amide bonds. The fraction of sp³-hybridized carbons (Fsp3) is 0.526. The van der Waals surface area contributed by atoms with Crippen molar-refractivity contribution in [1.29, 1.82) is 0 Å². The maximum atomic E-state index is 13.2. The molecular formula is C19H24N4OS2. The molecule has 3 aromatic heterocycles. The van der Waals surface area contributed by atoms with E-state index < -0.39 is 0 Å². The van der Waals surface area contributed by atoms with Crippen LogP contribution in [0, 0.1) is 11.7 Å². The maximum absolute atomic E-state index is 13.2. The number of aromatic amines is 1. The number of fused-ring (bicyclic) bond motifs is 3. The van der Waals surface area contributed by atoms with Gasteiger partial charge in [0.25, 0.3) is 5.56 Å². The zero-order valence-corrected chi connectivity index (χ0v) is 16.7. The summed E-state index contributed by atoms with van der Waals surface area (Å²) in [6.07, 6.45) is 11.8. The number of hydrogen-bond acceptors (Lipinski definition) is 4. The number of aromatic nitrogens is 4. The Morgan fingerprint density at radius 1 is 1.23 bits per heavy atom. The lowest BCUT2D eigenvalue weighted by Gasteiger charge is -2.10. The summed E-state index contributed by atoms with van der Waals surface area (Å²) in [6.45, 7) is 3.45. The van der Waals surface area contributed by atoms with Crippen molar-refractivity contribution >= 4 is 33.8 Å². The molecule has 0 spiro atoms. The van der Waals surface area contributed by atoms with Gasteiger partial charge in [-0.3, -0.25) is 9.36 Å². The Labute approximate surface area is 161 Å². The Balaban J connectivity index is 1.65. The molecule has 26 heavy (non-hydrogen) atoms. The second kappa shape index (κ2) is 7.48. The van der Waals surface area contributed by atoms with Gasteiger partial charge in [0.15, 0.2) is 4.77 Å². The first-order chi connectivity index (χ1) is 12.6. The summed E-state index contributed by atoms with van der Waals surface area (Å²) >= 11 is 7.23. The lowest BCUT2D eigenvalue weighted by molar-refractivity contribution is 0.545. The Bertz CT molecular complexity index is 1040. The molecule has 0 atom stereocenters. The zero-order valence-electron chi connectivity index (χ0n) is 15.1. The molecule has 0 radical (unpaired) electrons. The first kappa shape index (κ1) is 17.7. The van der Waals surface area contributed by atoms with Crippen LogP contribution in [0.4, 0.5) is 0 Å². The molecule has 3 aromatic rings. The van der Waals surface area contributed by atoms with Crippen molar-refractivity contribution in [2.45, 2.75) is 65.0 Å². The van der Waals surface area contributed by atoms with Crippen LogP contribution in [-0.2, 0) is 25.9 Å². The fourth-order valence-electron chi connectivity index (χ4n) is 3.83. The van der Waals surface area contributed by atoms with Gasteiger partial charge >= 0.3 is 0 Å². The topological polar surface area (TPSA) is 55.6 Å². The zero-order chi connectivity index (χ0) is 18.1. The minimum absolute atomic E-state index is 0.0867. The minimum atomic E-state index is 0.0867. The number of H-pyrrole nitrogens is 1.